The standard InChI is InChI=1S/C19H31NO3/c1-7-8-9-10-17(15(3)21)16-11-12-20(13-14(16)2)18(22)23-19(4,5)6/h10H,7-9,11-13H2,1-6H3/b17-10-. The summed E-state index contributed by atoms with van der Waals surface area (Å²) in [6, 6.07) is 0. The number of carbonyl (C=O) groups excluding carboxylic acids is 2. The quantitative estimate of drug-likeness (QED) is 0.547. The molecule has 0 atom stereocenters. The van der Waals surface area contributed by atoms with E-state index < -0.39 is 5.60 Å². The summed E-state index contributed by atoms with van der Waals surface area (Å²) in [6.07, 6.45) is 5.63. The van der Waals surface area contributed by atoms with E-state index in [9.17, 15) is 9.59 Å². The van der Waals surface area contributed by atoms with Crippen LogP contribution in [0.2, 0.25) is 0 Å². The number of nitrogens with zero attached hydrogens (tertiary/aromatic N) is 1. The Kier molecular flexibility index (Phi) is 7.04. The maximum Gasteiger partial charge on any atom is 0.410 e. The third-order valence-electron chi connectivity index (χ3n) is 3.84. The molecule has 0 N–H and O–H groups in total. The van der Waals surface area contributed by atoms with E-state index in [1.165, 1.54) is 0 Å². The fraction of sp³-hybridized carbons (Fsp3) is 0.684. The van der Waals surface area contributed by atoms with Crippen LogP contribution < -0.4 is 0 Å². The topological polar surface area (TPSA) is 46.6 Å². The average Bonchev–Trinajstić information content (AvgIpc) is 2.42. The van der Waals surface area contributed by atoms with Crippen LogP contribution in [-0.4, -0.2) is 35.5 Å². The average molecular weight is 321 g/mol. The first-order valence-electron chi connectivity index (χ1n) is 8.53. The van der Waals surface area contributed by atoms with Gasteiger partial charge >= 0.3 is 6.09 Å². The second-order valence-corrected chi connectivity index (χ2v) is 7.23. The number of hydrogen-bond donors (Lipinski definition) is 0. The monoisotopic (exact) mass is 321 g/mol. The highest BCUT2D eigenvalue weighted by atomic mass is 16.6. The van der Waals surface area contributed by atoms with Gasteiger partial charge in [0.05, 0.1) is 0 Å². The summed E-state index contributed by atoms with van der Waals surface area (Å²) in [5, 5.41) is 0. The maximum absolute atomic E-state index is 12.2. The van der Waals surface area contributed by atoms with Crippen LogP contribution in [0.15, 0.2) is 22.8 Å². The zero-order valence-corrected chi connectivity index (χ0v) is 15.5. The number of unbranched alkanes of at least 4 members (excludes halogenated alkanes) is 2. The molecule has 0 unspecified atom stereocenters. The van der Waals surface area contributed by atoms with Crippen LogP contribution in [0.5, 0.6) is 0 Å². The summed E-state index contributed by atoms with van der Waals surface area (Å²) >= 11 is 0. The molecule has 1 rings (SSSR count). The summed E-state index contributed by atoms with van der Waals surface area (Å²) in [5.74, 6) is 0.112. The van der Waals surface area contributed by atoms with E-state index in [4.69, 9.17) is 4.74 Å². The molecule has 23 heavy (non-hydrogen) atoms. The van der Waals surface area contributed by atoms with E-state index in [0.717, 1.165) is 36.0 Å². The largest absolute Gasteiger partial charge is 0.444 e. The van der Waals surface area contributed by atoms with Crippen molar-refractivity contribution < 1.29 is 14.3 Å². The molecule has 1 heterocycles. The molecule has 1 aliphatic rings. The Labute approximate surface area is 140 Å². The van der Waals surface area contributed by atoms with Gasteiger partial charge in [0, 0.05) is 18.7 Å². The molecule has 0 aromatic heterocycles. The summed E-state index contributed by atoms with van der Waals surface area (Å²) in [4.78, 5) is 25.9. The van der Waals surface area contributed by atoms with Gasteiger partial charge in [0.1, 0.15) is 5.60 Å². The van der Waals surface area contributed by atoms with Crippen LogP contribution in [0.1, 0.15) is 67.2 Å². The number of allylic oxidation sites excluding steroid dienone is 2. The molecule has 0 saturated heterocycles. The maximum atomic E-state index is 12.2. The number of carbonyl (C=O) groups is 2. The van der Waals surface area contributed by atoms with Gasteiger partial charge in [-0.1, -0.05) is 25.8 Å². The van der Waals surface area contributed by atoms with E-state index in [1.807, 2.05) is 27.7 Å². The Bertz CT molecular complexity index is 509. The molecular formula is C19H31NO3. The fourth-order valence-corrected chi connectivity index (χ4v) is 2.70. The minimum atomic E-state index is -0.487. The predicted octanol–water partition coefficient (Wildman–Crippen LogP) is 4.65. The second kappa shape index (κ2) is 8.32. The van der Waals surface area contributed by atoms with E-state index in [-0.39, 0.29) is 11.9 Å². The molecule has 0 bridgehead atoms. The van der Waals surface area contributed by atoms with Crippen molar-refractivity contribution in [1.29, 1.82) is 0 Å². The van der Waals surface area contributed by atoms with E-state index in [2.05, 4.69) is 13.0 Å². The molecule has 0 aromatic rings. The molecule has 0 saturated carbocycles. The minimum Gasteiger partial charge on any atom is -0.444 e. The number of hydrogen-bond acceptors (Lipinski definition) is 3. The van der Waals surface area contributed by atoms with Gasteiger partial charge in [-0.25, -0.2) is 4.79 Å². The van der Waals surface area contributed by atoms with E-state index in [1.54, 1.807) is 11.8 Å². The third-order valence-corrected chi connectivity index (χ3v) is 3.84. The Hall–Kier alpha value is -1.58. The molecule has 0 aliphatic carbocycles. The van der Waals surface area contributed by atoms with Gasteiger partial charge in [-0.05, 0) is 58.6 Å². The van der Waals surface area contributed by atoms with Crippen molar-refractivity contribution in [3.8, 4) is 0 Å². The summed E-state index contributed by atoms with van der Waals surface area (Å²) < 4.78 is 5.43. The van der Waals surface area contributed by atoms with Gasteiger partial charge < -0.3 is 9.64 Å². The fourth-order valence-electron chi connectivity index (χ4n) is 2.70. The lowest BCUT2D eigenvalue weighted by Crippen LogP contribution is -2.40. The minimum absolute atomic E-state index is 0.112. The Morgan fingerprint density at radius 2 is 1.96 bits per heavy atom. The molecule has 1 amide bonds. The summed E-state index contributed by atoms with van der Waals surface area (Å²) in [7, 11) is 0. The zero-order chi connectivity index (χ0) is 17.6. The van der Waals surface area contributed by atoms with Gasteiger partial charge in [-0.3, -0.25) is 4.79 Å². The van der Waals surface area contributed by atoms with Gasteiger partial charge in [0.2, 0.25) is 0 Å². The van der Waals surface area contributed by atoms with Crippen molar-refractivity contribution in [1.82, 2.24) is 4.90 Å². The lowest BCUT2D eigenvalue weighted by atomic mass is 9.91. The van der Waals surface area contributed by atoms with Crippen LogP contribution in [0.3, 0.4) is 0 Å². The first kappa shape index (κ1) is 19.5. The highest BCUT2D eigenvalue weighted by molar-refractivity contribution is 5.98. The molecule has 4 nitrogen and oxygen atoms in total. The molecule has 0 aromatic carbocycles. The van der Waals surface area contributed by atoms with Crippen LogP contribution in [-0.2, 0) is 9.53 Å². The lowest BCUT2D eigenvalue weighted by Gasteiger charge is -2.32. The molecule has 1 aliphatic heterocycles. The molecule has 4 heteroatoms. The molecular weight excluding hydrogens is 290 g/mol. The number of Topliss-reactive ketones (excluding diaryl/α,β-unsaturated/α-hetero) is 1. The summed E-state index contributed by atoms with van der Waals surface area (Å²) in [6.45, 7) is 12.5. The SMILES string of the molecule is CCCC/C=C(/C(C)=O)C1=C(C)CN(C(=O)OC(C)(C)C)CC1. The third kappa shape index (κ3) is 6.20. The first-order valence-corrected chi connectivity index (χ1v) is 8.53. The van der Waals surface area contributed by atoms with E-state index >= 15 is 0 Å². The van der Waals surface area contributed by atoms with Crippen LogP contribution in [0.25, 0.3) is 0 Å². The molecule has 0 fully saturated rings. The predicted molar refractivity (Wildman–Crippen MR) is 93.4 cm³/mol. The van der Waals surface area contributed by atoms with Gasteiger partial charge in [0.15, 0.2) is 5.78 Å². The second-order valence-electron chi connectivity index (χ2n) is 7.23. The Balaban J connectivity index is 2.86. The smallest absolute Gasteiger partial charge is 0.410 e. The number of rotatable bonds is 5. The summed E-state index contributed by atoms with van der Waals surface area (Å²) in [5.41, 5.74) is 2.54. The highest BCUT2D eigenvalue weighted by Crippen LogP contribution is 2.26. The van der Waals surface area contributed by atoms with Crippen molar-refractivity contribution in [2.75, 3.05) is 13.1 Å². The van der Waals surface area contributed by atoms with Crippen molar-refractivity contribution >= 4 is 11.9 Å². The first-order chi connectivity index (χ1) is 10.7. The number of amides is 1. The molecule has 130 valence electrons. The van der Waals surface area contributed by atoms with Gasteiger partial charge in [-0.15, -0.1) is 0 Å². The Morgan fingerprint density at radius 1 is 1.30 bits per heavy atom. The lowest BCUT2D eigenvalue weighted by molar-refractivity contribution is -0.113. The normalized spacial score (nSPS) is 16.6. The number of ketones is 1. The molecule has 0 spiro atoms. The Morgan fingerprint density at radius 3 is 2.43 bits per heavy atom. The van der Waals surface area contributed by atoms with Crippen molar-refractivity contribution in [3.63, 3.8) is 0 Å². The zero-order valence-electron chi connectivity index (χ0n) is 15.5. The van der Waals surface area contributed by atoms with Crippen molar-refractivity contribution in [3.05, 3.63) is 22.8 Å². The van der Waals surface area contributed by atoms with Gasteiger partial charge in [0.25, 0.3) is 0 Å². The highest BCUT2D eigenvalue weighted by Gasteiger charge is 2.27. The van der Waals surface area contributed by atoms with Crippen molar-refractivity contribution in [2.45, 2.75) is 72.8 Å². The van der Waals surface area contributed by atoms with Gasteiger partial charge in [-0.2, -0.15) is 0 Å². The van der Waals surface area contributed by atoms with Crippen LogP contribution >= 0.6 is 0 Å². The van der Waals surface area contributed by atoms with E-state index in [0.29, 0.717) is 19.5 Å². The number of ether oxygens (including phenoxy) is 1. The molecule has 0 radical (unpaired) electrons. The van der Waals surface area contributed by atoms with Crippen LogP contribution in [0.4, 0.5) is 4.79 Å². The van der Waals surface area contributed by atoms with Crippen LogP contribution in [0, 0.1) is 0 Å². The van der Waals surface area contributed by atoms with Crippen molar-refractivity contribution in [2.24, 2.45) is 0 Å².